The van der Waals surface area contributed by atoms with Gasteiger partial charge in [-0.25, -0.2) is 13.4 Å². The lowest BCUT2D eigenvalue weighted by Gasteiger charge is -2.33. The molecule has 0 aliphatic heterocycles. The summed E-state index contributed by atoms with van der Waals surface area (Å²) in [4.78, 5) is 4.56. The lowest BCUT2D eigenvalue weighted by molar-refractivity contribution is 0.275. The number of aryl methyl sites for hydroxylation is 1. The van der Waals surface area contributed by atoms with Gasteiger partial charge in [0.2, 0.25) is 0 Å². The Morgan fingerprint density at radius 3 is 2.71 bits per heavy atom. The Kier molecular flexibility index (Phi) is 3.92. The molecule has 1 fully saturated rings. The molecule has 7 heteroatoms. The molecular weight excluding hydrogens is 324 g/mol. The van der Waals surface area contributed by atoms with Gasteiger partial charge >= 0.3 is 0 Å². The van der Waals surface area contributed by atoms with Crippen LogP contribution in [0.1, 0.15) is 17.8 Å². The van der Waals surface area contributed by atoms with Crippen LogP contribution in [-0.4, -0.2) is 36.1 Å². The molecule has 0 N–H and O–H groups in total. The molecule has 0 saturated heterocycles. The monoisotopic (exact) mass is 338 g/mol. The summed E-state index contributed by atoms with van der Waals surface area (Å²) in [7, 11) is -1.69. The maximum Gasteiger partial charge on any atom is 0.253 e. The Bertz CT molecular complexity index is 494. The standard InChI is InChI=1S/C10H15BrN2O2S2/c1-7-12-5-10(16-7)17(14,15)13(2)6-8-3-9(11)4-8/h5,8-9H,3-4,6H2,1-2H3. The summed E-state index contributed by atoms with van der Waals surface area (Å²) in [5.41, 5.74) is 0. The number of rotatable bonds is 4. The van der Waals surface area contributed by atoms with Crippen molar-refractivity contribution in [1.82, 2.24) is 9.29 Å². The molecule has 17 heavy (non-hydrogen) atoms. The smallest absolute Gasteiger partial charge is 0.249 e. The summed E-state index contributed by atoms with van der Waals surface area (Å²) in [6, 6.07) is 0. The molecule has 0 atom stereocenters. The Hall–Kier alpha value is 0.0200. The third kappa shape index (κ3) is 2.89. The first kappa shape index (κ1) is 13.5. The molecule has 2 rings (SSSR count). The Morgan fingerprint density at radius 1 is 1.59 bits per heavy atom. The van der Waals surface area contributed by atoms with Crippen molar-refractivity contribution in [3.8, 4) is 0 Å². The highest BCUT2D eigenvalue weighted by atomic mass is 79.9. The second-order valence-electron chi connectivity index (χ2n) is 4.42. The van der Waals surface area contributed by atoms with Crippen LogP contribution >= 0.6 is 27.3 Å². The van der Waals surface area contributed by atoms with Crippen LogP contribution in [-0.2, 0) is 10.0 Å². The van der Waals surface area contributed by atoms with Gasteiger partial charge in [-0.3, -0.25) is 0 Å². The fourth-order valence-electron chi connectivity index (χ4n) is 1.88. The summed E-state index contributed by atoms with van der Waals surface area (Å²) in [6.07, 6.45) is 3.56. The van der Waals surface area contributed by atoms with E-state index < -0.39 is 10.0 Å². The highest BCUT2D eigenvalue weighted by molar-refractivity contribution is 9.09. The average Bonchev–Trinajstić information content (AvgIpc) is 2.63. The summed E-state index contributed by atoms with van der Waals surface area (Å²) < 4.78 is 26.2. The van der Waals surface area contributed by atoms with Gasteiger partial charge in [0.15, 0.2) is 4.21 Å². The van der Waals surface area contributed by atoms with E-state index in [1.165, 1.54) is 21.8 Å². The van der Waals surface area contributed by atoms with Crippen LogP contribution in [0, 0.1) is 12.8 Å². The predicted octanol–water partition coefficient (Wildman–Crippen LogP) is 2.25. The minimum absolute atomic E-state index is 0.340. The summed E-state index contributed by atoms with van der Waals surface area (Å²) in [6.45, 7) is 2.41. The number of aromatic nitrogens is 1. The molecule has 4 nitrogen and oxygen atoms in total. The molecule has 1 aromatic rings. The molecule has 1 heterocycles. The van der Waals surface area contributed by atoms with Crippen molar-refractivity contribution in [2.24, 2.45) is 5.92 Å². The molecule has 96 valence electrons. The van der Waals surface area contributed by atoms with Crippen molar-refractivity contribution in [1.29, 1.82) is 0 Å². The van der Waals surface area contributed by atoms with Gasteiger partial charge in [0, 0.05) is 18.4 Å². The SMILES string of the molecule is Cc1ncc(S(=O)(=O)N(C)CC2CC(Br)C2)s1. The third-order valence-electron chi connectivity index (χ3n) is 2.96. The Balaban J connectivity index is 2.05. The van der Waals surface area contributed by atoms with Crippen LogP contribution in [0.15, 0.2) is 10.4 Å². The lowest BCUT2D eigenvalue weighted by atomic mass is 9.85. The number of thiazole rings is 1. The molecule has 1 aliphatic carbocycles. The van der Waals surface area contributed by atoms with Crippen LogP contribution in [0.3, 0.4) is 0 Å². The first-order chi connectivity index (χ1) is 7.89. The second kappa shape index (κ2) is 4.95. The number of nitrogens with zero attached hydrogens (tertiary/aromatic N) is 2. The zero-order chi connectivity index (χ0) is 12.6. The Morgan fingerprint density at radius 2 is 2.24 bits per heavy atom. The second-order valence-corrected chi connectivity index (χ2v) is 9.22. The van der Waals surface area contributed by atoms with E-state index in [0.717, 1.165) is 17.8 Å². The zero-order valence-electron chi connectivity index (χ0n) is 9.76. The maximum atomic E-state index is 12.2. The minimum Gasteiger partial charge on any atom is -0.249 e. The fraction of sp³-hybridized carbons (Fsp3) is 0.700. The number of sulfonamides is 1. The van der Waals surface area contributed by atoms with Crippen molar-refractivity contribution in [3.63, 3.8) is 0 Å². The van der Waals surface area contributed by atoms with E-state index in [1.54, 1.807) is 7.05 Å². The number of hydrogen-bond donors (Lipinski definition) is 0. The van der Waals surface area contributed by atoms with Crippen LogP contribution < -0.4 is 0 Å². The minimum atomic E-state index is -3.33. The van der Waals surface area contributed by atoms with Crippen molar-refractivity contribution < 1.29 is 8.42 Å². The van der Waals surface area contributed by atoms with Crippen molar-refractivity contribution in [3.05, 3.63) is 11.2 Å². The van der Waals surface area contributed by atoms with Crippen molar-refractivity contribution in [2.75, 3.05) is 13.6 Å². The van der Waals surface area contributed by atoms with Crippen molar-refractivity contribution in [2.45, 2.75) is 28.8 Å². The highest BCUT2D eigenvalue weighted by Crippen LogP contribution is 2.34. The molecule has 0 bridgehead atoms. The summed E-state index contributed by atoms with van der Waals surface area (Å²) in [5, 5.41) is 0.779. The summed E-state index contributed by atoms with van der Waals surface area (Å²) in [5.74, 6) is 0.480. The molecule has 1 aromatic heterocycles. The first-order valence-corrected chi connectivity index (χ1v) is 8.59. The van der Waals surface area contributed by atoms with E-state index in [2.05, 4.69) is 20.9 Å². The molecule has 0 amide bonds. The van der Waals surface area contributed by atoms with Crippen molar-refractivity contribution >= 4 is 37.3 Å². The normalized spacial score (nSPS) is 24.9. The van der Waals surface area contributed by atoms with Gasteiger partial charge in [-0.05, 0) is 25.7 Å². The van der Waals surface area contributed by atoms with Gasteiger partial charge < -0.3 is 0 Å². The van der Waals surface area contributed by atoms with E-state index in [0.29, 0.717) is 21.5 Å². The topological polar surface area (TPSA) is 50.3 Å². The van der Waals surface area contributed by atoms with Gasteiger partial charge in [0.05, 0.1) is 11.2 Å². The number of hydrogen-bond acceptors (Lipinski definition) is 4. The fourth-order valence-corrected chi connectivity index (χ4v) is 5.50. The number of alkyl halides is 1. The van der Waals surface area contributed by atoms with Crippen LogP contribution in [0.4, 0.5) is 0 Å². The average molecular weight is 339 g/mol. The van der Waals surface area contributed by atoms with E-state index in [1.807, 2.05) is 6.92 Å². The van der Waals surface area contributed by atoms with E-state index in [4.69, 9.17) is 0 Å². The molecule has 0 spiro atoms. The van der Waals surface area contributed by atoms with Crippen LogP contribution in [0.5, 0.6) is 0 Å². The molecular formula is C10H15BrN2O2S2. The first-order valence-electron chi connectivity index (χ1n) is 5.42. The molecule has 1 saturated carbocycles. The third-order valence-corrected chi connectivity index (χ3v) is 6.88. The van der Waals surface area contributed by atoms with E-state index in [9.17, 15) is 8.42 Å². The Labute approximate surface area is 114 Å². The van der Waals surface area contributed by atoms with Gasteiger partial charge in [-0.1, -0.05) is 15.9 Å². The van der Waals surface area contributed by atoms with Gasteiger partial charge in [-0.15, -0.1) is 11.3 Å². The lowest BCUT2D eigenvalue weighted by Crippen LogP contribution is -2.37. The summed E-state index contributed by atoms with van der Waals surface area (Å²) >= 11 is 4.74. The molecule has 0 unspecified atom stereocenters. The van der Waals surface area contributed by atoms with Gasteiger partial charge in [-0.2, -0.15) is 4.31 Å². The van der Waals surface area contributed by atoms with E-state index >= 15 is 0 Å². The maximum absolute atomic E-state index is 12.2. The molecule has 0 radical (unpaired) electrons. The molecule has 1 aliphatic rings. The van der Waals surface area contributed by atoms with Gasteiger partial charge in [0.1, 0.15) is 0 Å². The zero-order valence-corrected chi connectivity index (χ0v) is 13.0. The molecule has 0 aromatic carbocycles. The largest absolute Gasteiger partial charge is 0.253 e. The quantitative estimate of drug-likeness (QED) is 0.791. The van der Waals surface area contributed by atoms with E-state index in [-0.39, 0.29) is 0 Å². The number of halogens is 1. The predicted molar refractivity (Wildman–Crippen MR) is 72.1 cm³/mol. The highest BCUT2D eigenvalue weighted by Gasteiger charge is 2.32. The van der Waals surface area contributed by atoms with Crippen LogP contribution in [0.25, 0.3) is 0 Å². The van der Waals surface area contributed by atoms with Gasteiger partial charge in [0.25, 0.3) is 10.0 Å². The van der Waals surface area contributed by atoms with Crippen LogP contribution in [0.2, 0.25) is 0 Å².